The van der Waals surface area contributed by atoms with Gasteiger partial charge in [-0.1, -0.05) is 109 Å². The van der Waals surface area contributed by atoms with E-state index in [2.05, 4.69) is 20.5 Å². The number of phenolic OH excluding ortho intramolecular Hbond substituents is 2. The Labute approximate surface area is 355 Å². The summed E-state index contributed by atoms with van der Waals surface area (Å²) in [6.07, 6.45) is 0. The summed E-state index contributed by atoms with van der Waals surface area (Å²) in [6, 6.07) is 40.0. The molecule has 0 atom stereocenters. The minimum absolute atomic E-state index is 0. The summed E-state index contributed by atoms with van der Waals surface area (Å²) in [7, 11) is -9.51. The molecule has 0 aliphatic carbocycles. The fourth-order valence-corrected chi connectivity index (χ4v) is 7.71. The van der Waals surface area contributed by atoms with E-state index in [1.807, 2.05) is 0 Å². The van der Waals surface area contributed by atoms with E-state index in [4.69, 9.17) is 0 Å². The van der Waals surface area contributed by atoms with Gasteiger partial charge in [-0.2, -0.15) is 0 Å². The normalized spacial score (nSPS) is 12.0. The minimum atomic E-state index is -4.76. The van der Waals surface area contributed by atoms with Crippen molar-refractivity contribution in [2.24, 2.45) is 20.5 Å². The second kappa shape index (κ2) is 16.4. The van der Waals surface area contributed by atoms with Crippen molar-refractivity contribution in [1.29, 1.82) is 0 Å². The molecule has 55 heavy (non-hydrogen) atoms. The molecule has 15 heteroatoms. The molecule has 8 aromatic rings. The molecule has 0 bridgehead atoms. The second-order valence-electron chi connectivity index (χ2n) is 11.9. The number of fused-ring (bicyclic) bond motifs is 4. The quantitative estimate of drug-likeness (QED) is 0.0932. The number of hydrogen-bond acceptors (Lipinski definition) is 12. The Bertz CT molecular complexity index is 2840. The first-order valence-corrected chi connectivity index (χ1v) is 18.9. The van der Waals surface area contributed by atoms with Crippen molar-refractivity contribution in [3.63, 3.8) is 0 Å². The van der Waals surface area contributed by atoms with Crippen molar-refractivity contribution in [2.75, 3.05) is 0 Å². The topological polar surface area (TPSA) is 204 Å². The molecule has 12 nitrogen and oxygen atoms in total. The number of hydrogen-bond donors (Lipinski definition) is 2. The van der Waals surface area contributed by atoms with Gasteiger partial charge in [0.15, 0.2) is 0 Å². The minimum Gasteiger partial charge on any atom is -0.744 e. The fraction of sp³-hybridized carbons (Fsp3) is 0. The van der Waals surface area contributed by atoms with Crippen molar-refractivity contribution >= 4 is 135 Å². The third-order valence-electron chi connectivity index (χ3n) is 8.50. The number of azo groups is 2. The van der Waals surface area contributed by atoms with E-state index in [-0.39, 0.29) is 71.8 Å². The Morgan fingerprint density at radius 3 is 1.02 bits per heavy atom. The Morgan fingerprint density at radius 1 is 0.364 bits per heavy atom. The monoisotopic (exact) mass is 892 g/mol. The second-order valence-corrected chi connectivity index (χ2v) is 14.5. The van der Waals surface area contributed by atoms with E-state index >= 15 is 0 Å². The summed E-state index contributed by atoms with van der Waals surface area (Å²) in [5.74, 6) is 0.219. The summed E-state index contributed by atoms with van der Waals surface area (Å²) < 4.78 is 71.1. The molecule has 0 spiro atoms. The molecule has 268 valence electrons. The first-order chi connectivity index (χ1) is 25.9. The van der Waals surface area contributed by atoms with E-state index < -0.39 is 30.0 Å². The van der Waals surface area contributed by atoms with Crippen LogP contribution in [0.5, 0.6) is 11.5 Å². The van der Waals surface area contributed by atoms with Gasteiger partial charge in [0.1, 0.15) is 43.1 Å². The van der Waals surface area contributed by atoms with Gasteiger partial charge >= 0.3 is 48.9 Å². The van der Waals surface area contributed by atoms with Crippen LogP contribution in [0.3, 0.4) is 0 Å². The van der Waals surface area contributed by atoms with Crippen LogP contribution >= 0.6 is 0 Å². The van der Waals surface area contributed by atoms with Crippen molar-refractivity contribution in [2.45, 2.75) is 9.79 Å². The fourth-order valence-electron chi connectivity index (χ4n) is 6.07. The molecule has 0 saturated heterocycles. The maximum atomic E-state index is 11.8. The maximum Gasteiger partial charge on any atom is 2.00 e. The third kappa shape index (κ3) is 8.47. The van der Waals surface area contributed by atoms with Gasteiger partial charge in [-0.3, -0.25) is 0 Å². The van der Waals surface area contributed by atoms with E-state index in [1.54, 1.807) is 121 Å². The van der Waals surface area contributed by atoms with Crippen molar-refractivity contribution in [3.05, 3.63) is 146 Å². The van der Waals surface area contributed by atoms with E-state index in [0.29, 0.717) is 54.5 Å². The molecular formula is C40H26BaN4O8S2. The van der Waals surface area contributed by atoms with Crippen LogP contribution in [-0.4, -0.2) is 85.0 Å². The molecule has 0 fully saturated rings. The molecule has 8 aromatic carbocycles. The maximum absolute atomic E-state index is 11.8. The summed E-state index contributed by atoms with van der Waals surface area (Å²) >= 11 is 0. The SMILES string of the molecule is O=S(=O)([O-])c1c(N=Nc2ccc(O)c3ccccc23)ccc2ccccc12.O=S(=O)([O-])c1c(N=Nc2ccc(O)c3ccccc23)ccc2ccccc12.[Ba+2]. The predicted octanol–water partition coefficient (Wildman–Crippen LogP) is 9.66. The molecule has 0 saturated carbocycles. The molecule has 8 rings (SSSR count). The molecule has 0 unspecified atom stereocenters. The first kappa shape index (κ1) is 39.7. The average Bonchev–Trinajstić information content (AvgIpc) is 3.16. The number of nitrogens with zero attached hydrogens (tertiary/aromatic N) is 4. The van der Waals surface area contributed by atoms with E-state index in [9.17, 15) is 36.2 Å². The van der Waals surface area contributed by atoms with Gasteiger partial charge in [0, 0.05) is 32.3 Å². The van der Waals surface area contributed by atoms with Gasteiger partial charge in [-0.05, 0) is 47.2 Å². The van der Waals surface area contributed by atoms with Crippen molar-refractivity contribution in [3.8, 4) is 11.5 Å². The third-order valence-corrected chi connectivity index (χ3v) is 10.4. The Morgan fingerprint density at radius 2 is 0.655 bits per heavy atom. The zero-order valence-corrected chi connectivity index (χ0v) is 34.6. The summed E-state index contributed by atoms with van der Waals surface area (Å²) in [4.78, 5) is -0.792. The van der Waals surface area contributed by atoms with Gasteiger partial charge in [0.25, 0.3) is 0 Å². The summed E-state index contributed by atoms with van der Waals surface area (Å²) in [6.45, 7) is 0. The van der Waals surface area contributed by atoms with Crippen molar-refractivity contribution in [1.82, 2.24) is 0 Å². The van der Waals surface area contributed by atoms with Gasteiger partial charge in [0.05, 0.1) is 21.2 Å². The van der Waals surface area contributed by atoms with Crippen LogP contribution < -0.4 is 0 Å². The molecule has 0 amide bonds. The van der Waals surface area contributed by atoms with Gasteiger partial charge < -0.3 is 19.3 Å². The molecule has 2 N–H and O–H groups in total. The standard InChI is InChI=1S/2C20H14N2O4S.Ba/c2*23-19-12-11-17(15-7-3-4-8-16(15)19)21-22-18-10-9-13-5-1-2-6-14(13)20(18)27(24,25)26;/h2*1-12,23H,(H,24,25,26);/q;;+2/p-2. The molecule has 0 heterocycles. The van der Waals surface area contributed by atoms with Crippen LogP contribution in [-0.2, 0) is 20.2 Å². The van der Waals surface area contributed by atoms with Gasteiger partial charge in [-0.25, -0.2) is 16.8 Å². The number of phenols is 2. The Balaban J connectivity index is 0.000000184. The molecule has 0 aliphatic rings. The Kier molecular flexibility index (Phi) is 11.8. The van der Waals surface area contributed by atoms with Crippen LogP contribution in [0.15, 0.2) is 176 Å². The summed E-state index contributed by atoms with van der Waals surface area (Å²) in [5, 5.41) is 40.6. The summed E-state index contributed by atoms with van der Waals surface area (Å²) in [5.41, 5.74) is 0.846. The Hall–Kier alpha value is -5.01. The zero-order valence-electron chi connectivity index (χ0n) is 28.5. The van der Waals surface area contributed by atoms with Gasteiger partial charge in [0.2, 0.25) is 0 Å². The smallest absolute Gasteiger partial charge is 0.744 e. The zero-order chi connectivity index (χ0) is 38.0. The molecule has 0 aliphatic heterocycles. The number of benzene rings is 8. The molecular weight excluding hydrogens is 866 g/mol. The van der Waals surface area contributed by atoms with Crippen LogP contribution in [0.1, 0.15) is 0 Å². The molecule has 0 aromatic heterocycles. The number of rotatable bonds is 6. The number of aromatic hydroxyl groups is 2. The first-order valence-electron chi connectivity index (χ1n) is 16.1. The van der Waals surface area contributed by atoms with E-state index in [1.165, 1.54) is 24.3 Å². The van der Waals surface area contributed by atoms with Gasteiger partial charge in [-0.15, -0.1) is 20.5 Å². The van der Waals surface area contributed by atoms with Crippen LogP contribution in [0.2, 0.25) is 0 Å². The predicted molar refractivity (Wildman–Crippen MR) is 209 cm³/mol. The van der Waals surface area contributed by atoms with Crippen LogP contribution in [0.4, 0.5) is 22.7 Å². The van der Waals surface area contributed by atoms with Crippen molar-refractivity contribution < 1.29 is 36.2 Å². The average molecular weight is 892 g/mol. The largest absolute Gasteiger partial charge is 2.00 e. The van der Waals surface area contributed by atoms with Crippen LogP contribution in [0.25, 0.3) is 43.1 Å². The van der Waals surface area contributed by atoms with Crippen LogP contribution in [0, 0.1) is 0 Å². The molecule has 0 radical (unpaired) electrons. The van der Waals surface area contributed by atoms with E-state index in [0.717, 1.165) is 0 Å².